The molecule has 1 heterocycles. The van der Waals surface area contributed by atoms with Crippen LogP contribution in [0.2, 0.25) is 5.02 Å². The number of nitrogens with one attached hydrogen (secondary N) is 1. The largest absolute Gasteiger partial charge is 0.349 e. The van der Waals surface area contributed by atoms with Crippen LogP contribution in [0, 0.1) is 5.82 Å². The number of amides is 1. The van der Waals surface area contributed by atoms with Crippen molar-refractivity contribution in [2.24, 2.45) is 0 Å². The molecule has 1 N–H and O–H groups in total. The summed E-state index contributed by atoms with van der Waals surface area (Å²) in [5.41, 5.74) is 3.57. The molecule has 3 aromatic carbocycles. The van der Waals surface area contributed by atoms with Gasteiger partial charge < -0.3 is 5.32 Å². The van der Waals surface area contributed by atoms with E-state index in [1.807, 2.05) is 42.5 Å². The lowest BCUT2D eigenvalue weighted by Gasteiger charge is -2.12. The molecule has 0 spiro atoms. The number of carbonyl (C=O) groups excluding carboxylic acids is 1. The summed E-state index contributed by atoms with van der Waals surface area (Å²) in [5.74, 6) is -0.400. The van der Waals surface area contributed by atoms with Crippen molar-refractivity contribution in [2.75, 3.05) is 0 Å². The lowest BCUT2D eigenvalue weighted by atomic mass is 10.1. The average Bonchev–Trinajstić information content (AvgIpc) is 3.42. The Hall–Kier alpha value is -3.18. The number of carbonyl (C=O) groups is 1. The third kappa shape index (κ3) is 3.81. The van der Waals surface area contributed by atoms with Crippen LogP contribution in [0.25, 0.3) is 27.8 Å². The van der Waals surface area contributed by atoms with E-state index in [2.05, 4.69) is 5.32 Å². The van der Waals surface area contributed by atoms with E-state index in [-0.39, 0.29) is 17.8 Å². The summed E-state index contributed by atoms with van der Waals surface area (Å²) in [6.07, 6.45) is 4.36. The topological polar surface area (TPSA) is 46.9 Å². The molecule has 0 atom stereocenters. The molecule has 5 rings (SSSR count). The van der Waals surface area contributed by atoms with Crippen LogP contribution in [0.5, 0.6) is 0 Å². The second kappa shape index (κ2) is 8.16. The third-order valence-corrected chi connectivity index (χ3v) is 6.16. The van der Waals surface area contributed by atoms with E-state index >= 15 is 0 Å². The normalized spacial score (nSPS) is 14.3. The van der Waals surface area contributed by atoms with E-state index in [1.54, 1.807) is 16.8 Å². The van der Waals surface area contributed by atoms with Crippen molar-refractivity contribution in [3.05, 3.63) is 83.1 Å². The first-order chi connectivity index (χ1) is 15.1. The van der Waals surface area contributed by atoms with Crippen LogP contribution in [-0.4, -0.2) is 21.7 Å². The first-order valence-corrected chi connectivity index (χ1v) is 10.8. The first-order valence-electron chi connectivity index (χ1n) is 10.4. The van der Waals surface area contributed by atoms with E-state index in [4.69, 9.17) is 16.7 Å². The van der Waals surface area contributed by atoms with Crippen molar-refractivity contribution in [3.8, 4) is 16.9 Å². The van der Waals surface area contributed by atoms with E-state index in [0.29, 0.717) is 22.0 Å². The van der Waals surface area contributed by atoms with Gasteiger partial charge in [0.25, 0.3) is 5.91 Å². The molecule has 1 fully saturated rings. The maximum Gasteiger partial charge on any atom is 0.251 e. The van der Waals surface area contributed by atoms with Crippen molar-refractivity contribution in [3.63, 3.8) is 0 Å². The van der Waals surface area contributed by atoms with Crippen LogP contribution >= 0.6 is 11.6 Å². The molecule has 1 aliphatic rings. The molecule has 4 aromatic rings. The SMILES string of the molecule is O=C(NC1CCCC1)c1ccc2c(-c3ccccc3Cl)nn(-c3ccc(F)cc3)c2c1. The Morgan fingerprint density at radius 2 is 1.77 bits per heavy atom. The summed E-state index contributed by atoms with van der Waals surface area (Å²) >= 11 is 6.45. The minimum atomic E-state index is -0.317. The quantitative estimate of drug-likeness (QED) is 0.419. The highest BCUT2D eigenvalue weighted by molar-refractivity contribution is 6.33. The second-order valence-electron chi connectivity index (χ2n) is 7.90. The van der Waals surface area contributed by atoms with Crippen molar-refractivity contribution < 1.29 is 9.18 Å². The Morgan fingerprint density at radius 3 is 2.52 bits per heavy atom. The Balaban J connectivity index is 1.64. The number of nitrogens with zero attached hydrogens (tertiary/aromatic N) is 2. The molecular formula is C25H21ClFN3O. The van der Waals surface area contributed by atoms with E-state index in [1.165, 1.54) is 12.1 Å². The van der Waals surface area contributed by atoms with Gasteiger partial charge in [-0.3, -0.25) is 4.79 Å². The summed E-state index contributed by atoms with van der Waals surface area (Å²) in [5, 5.41) is 9.40. The molecule has 0 radical (unpaired) electrons. The summed E-state index contributed by atoms with van der Waals surface area (Å²) in [7, 11) is 0. The maximum absolute atomic E-state index is 13.5. The molecule has 1 saturated carbocycles. The number of halogens is 2. The zero-order valence-electron chi connectivity index (χ0n) is 16.8. The molecule has 0 aliphatic heterocycles. The molecule has 31 heavy (non-hydrogen) atoms. The van der Waals surface area contributed by atoms with E-state index in [0.717, 1.165) is 42.1 Å². The van der Waals surface area contributed by atoms with Gasteiger partial charge in [-0.15, -0.1) is 0 Å². The number of rotatable bonds is 4. The van der Waals surface area contributed by atoms with Gasteiger partial charge in [-0.05, 0) is 61.4 Å². The molecule has 0 saturated heterocycles. The van der Waals surface area contributed by atoms with Crippen molar-refractivity contribution in [2.45, 2.75) is 31.7 Å². The Labute approximate surface area is 184 Å². The first kappa shape index (κ1) is 19.8. The zero-order valence-corrected chi connectivity index (χ0v) is 17.6. The Bertz CT molecular complexity index is 1260. The third-order valence-electron chi connectivity index (χ3n) is 5.83. The number of aromatic nitrogens is 2. The van der Waals surface area contributed by atoms with Crippen molar-refractivity contribution in [1.29, 1.82) is 0 Å². The van der Waals surface area contributed by atoms with Gasteiger partial charge in [-0.2, -0.15) is 5.10 Å². The molecule has 1 amide bonds. The molecule has 4 nitrogen and oxygen atoms in total. The van der Waals surface area contributed by atoms with Crippen LogP contribution in [0.3, 0.4) is 0 Å². The molecule has 0 unspecified atom stereocenters. The number of hydrogen-bond donors (Lipinski definition) is 1. The zero-order chi connectivity index (χ0) is 21.4. The molecular weight excluding hydrogens is 413 g/mol. The lowest BCUT2D eigenvalue weighted by molar-refractivity contribution is 0.0938. The van der Waals surface area contributed by atoms with Gasteiger partial charge in [-0.1, -0.05) is 42.6 Å². The highest BCUT2D eigenvalue weighted by atomic mass is 35.5. The average molecular weight is 434 g/mol. The van der Waals surface area contributed by atoms with Crippen LogP contribution in [0.15, 0.2) is 66.7 Å². The fraction of sp³-hybridized carbons (Fsp3) is 0.200. The standard InChI is InChI=1S/C25H21ClFN3O/c26-22-8-4-3-7-20(22)24-21-14-9-16(25(31)28-18-5-1-2-6-18)15-23(21)30(29-24)19-12-10-17(27)11-13-19/h3-4,7-15,18H,1-2,5-6H2,(H,28,31). The number of fused-ring (bicyclic) bond motifs is 1. The monoisotopic (exact) mass is 433 g/mol. The molecule has 6 heteroatoms. The van der Waals surface area contributed by atoms with Crippen LogP contribution in [-0.2, 0) is 0 Å². The fourth-order valence-corrected chi connectivity index (χ4v) is 4.45. The minimum absolute atomic E-state index is 0.0834. The van der Waals surface area contributed by atoms with E-state index < -0.39 is 0 Å². The Kier molecular flexibility index (Phi) is 5.20. The maximum atomic E-state index is 13.5. The molecule has 156 valence electrons. The summed E-state index contributed by atoms with van der Waals surface area (Å²) < 4.78 is 15.2. The summed E-state index contributed by atoms with van der Waals surface area (Å²) in [6.45, 7) is 0. The van der Waals surface area contributed by atoms with E-state index in [9.17, 15) is 9.18 Å². The van der Waals surface area contributed by atoms with Gasteiger partial charge >= 0.3 is 0 Å². The molecule has 1 aromatic heterocycles. The van der Waals surface area contributed by atoms with Crippen molar-refractivity contribution >= 4 is 28.4 Å². The fourth-order valence-electron chi connectivity index (χ4n) is 4.23. The van der Waals surface area contributed by atoms with Gasteiger partial charge in [0.15, 0.2) is 0 Å². The van der Waals surface area contributed by atoms with Crippen LogP contribution in [0.4, 0.5) is 4.39 Å². The smallest absolute Gasteiger partial charge is 0.251 e. The van der Waals surface area contributed by atoms with Gasteiger partial charge in [0.05, 0.1) is 16.2 Å². The number of hydrogen-bond acceptors (Lipinski definition) is 2. The second-order valence-corrected chi connectivity index (χ2v) is 8.31. The minimum Gasteiger partial charge on any atom is -0.349 e. The predicted octanol–water partition coefficient (Wildman–Crippen LogP) is 6.16. The highest BCUT2D eigenvalue weighted by Gasteiger charge is 2.20. The molecule has 1 aliphatic carbocycles. The van der Waals surface area contributed by atoms with Crippen LogP contribution in [0.1, 0.15) is 36.0 Å². The Morgan fingerprint density at radius 1 is 1.03 bits per heavy atom. The highest BCUT2D eigenvalue weighted by Crippen LogP contribution is 2.34. The van der Waals surface area contributed by atoms with Crippen LogP contribution < -0.4 is 5.32 Å². The summed E-state index contributed by atoms with van der Waals surface area (Å²) in [6, 6.07) is 19.5. The van der Waals surface area contributed by atoms with Gasteiger partial charge in [-0.25, -0.2) is 9.07 Å². The van der Waals surface area contributed by atoms with Gasteiger partial charge in [0.2, 0.25) is 0 Å². The van der Waals surface area contributed by atoms with Crippen molar-refractivity contribution in [1.82, 2.24) is 15.1 Å². The lowest BCUT2D eigenvalue weighted by Crippen LogP contribution is -2.32. The van der Waals surface area contributed by atoms with Gasteiger partial charge in [0, 0.05) is 22.6 Å². The molecule has 0 bridgehead atoms. The summed E-state index contributed by atoms with van der Waals surface area (Å²) in [4.78, 5) is 12.9. The predicted molar refractivity (Wildman–Crippen MR) is 121 cm³/mol. The van der Waals surface area contributed by atoms with Gasteiger partial charge in [0.1, 0.15) is 11.5 Å². The number of benzene rings is 3.